The van der Waals surface area contributed by atoms with Crippen molar-refractivity contribution >= 4 is 52.3 Å². The normalized spacial score (nSPS) is 13.6. The first-order valence-corrected chi connectivity index (χ1v) is 16.0. The average molecular weight is 639 g/mol. The molecule has 0 bridgehead atoms. The van der Waals surface area contributed by atoms with E-state index in [1.807, 2.05) is 60.9 Å². The lowest BCUT2D eigenvalue weighted by Gasteiger charge is -2.25. The van der Waals surface area contributed by atoms with Crippen LogP contribution in [0.15, 0.2) is 65.8 Å². The molecule has 0 aliphatic rings. The molecule has 0 aliphatic carbocycles. The number of carbonyl (C=O) groups is 4. The number of aliphatic carboxylic acids is 1. The molecule has 0 aliphatic heterocycles. The highest BCUT2D eigenvalue weighted by molar-refractivity contribution is 7.98. The minimum absolute atomic E-state index is 0.0576. The van der Waals surface area contributed by atoms with Crippen molar-refractivity contribution in [1.82, 2.24) is 20.9 Å². The number of aromatic nitrogens is 1. The molecule has 0 saturated carbocycles. The van der Waals surface area contributed by atoms with Gasteiger partial charge in [-0.1, -0.05) is 48.5 Å². The van der Waals surface area contributed by atoms with E-state index in [0.717, 1.165) is 22.0 Å². The number of rotatable bonds is 18. The molecule has 242 valence electrons. The Balaban J connectivity index is 1.84. The summed E-state index contributed by atoms with van der Waals surface area (Å²) in [4.78, 5) is 59.4. The Labute approximate surface area is 266 Å². The van der Waals surface area contributed by atoms with E-state index in [1.54, 1.807) is 6.20 Å². The van der Waals surface area contributed by atoms with Crippen LogP contribution in [0, 0.1) is 0 Å². The van der Waals surface area contributed by atoms with Gasteiger partial charge >= 0.3 is 5.97 Å². The molecule has 0 fully saturated rings. The molecule has 0 saturated heterocycles. The van der Waals surface area contributed by atoms with Crippen LogP contribution < -0.4 is 33.2 Å². The molecule has 4 atom stereocenters. The van der Waals surface area contributed by atoms with Gasteiger partial charge in [0.1, 0.15) is 18.1 Å². The predicted molar refractivity (Wildman–Crippen MR) is 176 cm³/mol. The molecule has 14 heteroatoms. The summed E-state index contributed by atoms with van der Waals surface area (Å²) in [5.41, 5.74) is 19.2. The molecule has 1 heterocycles. The van der Waals surface area contributed by atoms with Gasteiger partial charge in [0.2, 0.25) is 17.7 Å². The fourth-order valence-corrected chi connectivity index (χ4v) is 5.23. The summed E-state index contributed by atoms with van der Waals surface area (Å²) in [5, 5.41) is 18.7. The highest BCUT2D eigenvalue weighted by atomic mass is 32.2. The van der Waals surface area contributed by atoms with Crippen LogP contribution in [0.1, 0.15) is 30.4 Å². The summed E-state index contributed by atoms with van der Waals surface area (Å²) in [6.07, 6.45) is 4.75. The number of aliphatic imine (C=N–C) groups is 1. The van der Waals surface area contributed by atoms with Crippen molar-refractivity contribution in [2.75, 3.05) is 18.6 Å². The SMILES string of the molecule is CSCCC(NC(=O)C(Cc1c[nH]c2ccccc12)NC(=O)C(Cc1ccccc1)NC(=O)C(N)CCCN=C(N)N)C(=O)O. The molecule has 2 aromatic carbocycles. The zero-order valence-corrected chi connectivity index (χ0v) is 26.0. The summed E-state index contributed by atoms with van der Waals surface area (Å²) in [6, 6.07) is 12.3. The summed E-state index contributed by atoms with van der Waals surface area (Å²) in [5.74, 6) is -2.51. The van der Waals surface area contributed by atoms with Gasteiger partial charge < -0.3 is 43.2 Å². The van der Waals surface area contributed by atoms with Crippen molar-refractivity contribution in [3.63, 3.8) is 0 Å². The van der Waals surface area contributed by atoms with Crippen LogP contribution in [0.2, 0.25) is 0 Å². The molecule has 3 aromatic rings. The second-order valence-corrected chi connectivity index (χ2v) is 11.6. The van der Waals surface area contributed by atoms with E-state index in [2.05, 4.69) is 25.9 Å². The molecule has 45 heavy (non-hydrogen) atoms. The minimum Gasteiger partial charge on any atom is -0.480 e. The number of hydrogen-bond donors (Lipinski definition) is 8. The number of carbonyl (C=O) groups excluding carboxylic acids is 3. The monoisotopic (exact) mass is 638 g/mol. The number of aromatic amines is 1. The van der Waals surface area contributed by atoms with Gasteiger partial charge in [-0.25, -0.2) is 4.79 Å². The Morgan fingerprint density at radius 2 is 1.49 bits per heavy atom. The summed E-state index contributed by atoms with van der Waals surface area (Å²) >= 11 is 1.46. The summed E-state index contributed by atoms with van der Waals surface area (Å²) in [7, 11) is 0. The fourth-order valence-electron chi connectivity index (χ4n) is 4.76. The van der Waals surface area contributed by atoms with E-state index in [-0.39, 0.29) is 31.6 Å². The lowest BCUT2D eigenvalue weighted by molar-refractivity contribution is -0.142. The van der Waals surface area contributed by atoms with Crippen LogP contribution in [0.5, 0.6) is 0 Å². The number of hydrogen-bond acceptors (Lipinski definition) is 7. The molecular weight excluding hydrogens is 596 g/mol. The van der Waals surface area contributed by atoms with Crippen LogP contribution in [0.3, 0.4) is 0 Å². The number of para-hydroxylation sites is 1. The van der Waals surface area contributed by atoms with Crippen molar-refractivity contribution in [1.29, 1.82) is 0 Å². The van der Waals surface area contributed by atoms with Gasteiger partial charge in [-0.05, 0) is 48.5 Å². The Bertz CT molecular complexity index is 1460. The third-order valence-electron chi connectivity index (χ3n) is 7.18. The lowest BCUT2D eigenvalue weighted by Crippen LogP contribution is -2.58. The first-order valence-electron chi connectivity index (χ1n) is 14.6. The van der Waals surface area contributed by atoms with Crippen molar-refractivity contribution in [2.45, 2.75) is 56.3 Å². The van der Waals surface area contributed by atoms with Gasteiger partial charge in [0.15, 0.2) is 5.96 Å². The minimum atomic E-state index is -1.17. The zero-order valence-electron chi connectivity index (χ0n) is 25.2. The van der Waals surface area contributed by atoms with E-state index in [9.17, 15) is 24.3 Å². The van der Waals surface area contributed by atoms with Gasteiger partial charge in [0.05, 0.1) is 6.04 Å². The summed E-state index contributed by atoms with van der Waals surface area (Å²) < 4.78 is 0. The fraction of sp³-hybridized carbons (Fsp3) is 0.387. The largest absolute Gasteiger partial charge is 0.480 e. The number of nitrogens with two attached hydrogens (primary N) is 3. The van der Waals surface area contributed by atoms with Crippen molar-refractivity contribution in [3.8, 4) is 0 Å². The molecular formula is C31H42N8O5S. The van der Waals surface area contributed by atoms with Gasteiger partial charge in [0.25, 0.3) is 0 Å². The van der Waals surface area contributed by atoms with E-state index in [1.165, 1.54) is 11.8 Å². The molecule has 3 rings (SSSR count). The summed E-state index contributed by atoms with van der Waals surface area (Å²) in [6.45, 7) is 0.302. The first kappa shape index (κ1) is 34.9. The van der Waals surface area contributed by atoms with E-state index in [4.69, 9.17) is 17.2 Å². The van der Waals surface area contributed by atoms with E-state index >= 15 is 0 Å². The molecule has 11 N–H and O–H groups in total. The number of guanidine groups is 1. The number of amides is 3. The van der Waals surface area contributed by atoms with Crippen molar-refractivity contribution in [2.24, 2.45) is 22.2 Å². The molecule has 4 unspecified atom stereocenters. The average Bonchev–Trinajstić information content (AvgIpc) is 3.43. The second-order valence-electron chi connectivity index (χ2n) is 10.6. The molecule has 3 amide bonds. The Hall–Kier alpha value is -4.56. The van der Waals surface area contributed by atoms with Crippen LogP contribution >= 0.6 is 11.8 Å². The lowest BCUT2D eigenvalue weighted by atomic mass is 10.0. The third kappa shape index (κ3) is 11.1. The quantitative estimate of drug-likeness (QED) is 0.0554. The Kier molecular flexibility index (Phi) is 13.7. The maximum atomic E-state index is 13.8. The number of carboxylic acid groups (broad SMARTS) is 1. The number of thioether (sulfide) groups is 1. The highest BCUT2D eigenvalue weighted by Gasteiger charge is 2.31. The second kappa shape index (κ2) is 17.7. The Morgan fingerprint density at radius 1 is 0.867 bits per heavy atom. The number of carboxylic acids is 1. The maximum Gasteiger partial charge on any atom is 0.326 e. The van der Waals surface area contributed by atoms with Crippen LogP contribution in [0.4, 0.5) is 0 Å². The smallest absolute Gasteiger partial charge is 0.326 e. The third-order valence-corrected chi connectivity index (χ3v) is 7.82. The maximum absolute atomic E-state index is 13.8. The molecule has 13 nitrogen and oxygen atoms in total. The van der Waals surface area contributed by atoms with Gasteiger partial charge in [-0.3, -0.25) is 19.4 Å². The van der Waals surface area contributed by atoms with Gasteiger partial charge in [0, 0.05) is 36.5 Å². The van der Waals surface area contributed by atoms with Gasteiger partial charge in [-0.2, -0.15) is 11.8 Å². The zero-order chi connectivity index (χ0) is 32.8. The molecule has 0 spiro atoms. The number of H-pyrrole nitrogens is 1. The van der Waals surface area contributed by atoms with Crippen molar-refractivity contribution in [3.05, 3.63) is 71.9 Å². The molecule has 0 radical (unpaired) electrons. The Morgan fingerprint density at radius 3 is 2.16 bits per heavy atom. The predicted octanol–water partition coefficient (Wildman–Crippen LogP) is 0.626. The van der Waals surface area contributed by atoms with Crippen molar-refractivity contribution < 1.29 is 24.3 Å². The number of nitrogens with one attached hydrogen (secondary N) is 4. The number of nitrogens with zero attached hydrogens (tertiary/aromatic N) is 1. The van der Waals surface area contributed by atoms with Crippen LogP contribution in [0.25, 0.3) is 10.9 Å². The highest BCUT2D eigenvalue weighted by Crippen LogP contribution is 2.19. The molecule has 1 aromatic heterocycles. The topological polar surface area (TPSA) is 231 Å². The number of benzene rings is 2. The standard InChI is InChI=1S/C31H42N8O5S/c1-45-15-13-24(30(43)44)37-29(42)26(17-20-18-36-23-12-6-5-10-21(20)23)39-28(41)25(16-19-8-3-2-4-9-19)38-27(40)22(32)11-7-14-35-31(33)34/h2-6,8-10,12,18,22,24-26,36H,7,11,13-17,32H2,1H3,(H,37,42)(H,38,40)(H,39,41)(H,43,44)(H4,33,34,35). The van der Waals surface area contributed by atoms with E-state index < -0.39 is 47.9 Å². The van der Waals surface area contributed by atoms with Crippen LogP contribution in [-0.2, 0) is 32.0 Å². The number of fused-ring (bicyclic) bond motifs is 1. The van der Waals surface area contributed by atoms with Crippen LogP contribution in [-0.4, -0.2) is 82.5 Å². The van der Waals surface area contributed by atoms with Gasteiger partial charge in [-0.15, -0.1) is 0 Å². The first-order chi connectivity index (χ1) is 21.6. The van der Waals surface area contributed by atoms with E-state index in [0.29, 0.717) is 18.7 Å².